The van der Waals surface area contributed by atoms with Gasteiger partial charge in [0.25, 0.3) is 0 Å². The van der Waals surface area contributed by atoms with Crippen molar-refractivity contribution in [3.63, 3.8) is 0 Å². The van der Waals surface area contributed by atoms with Crippen molar-refractivity contribution in [2.24, 2.45) is 0 Å². The Morgan fingerprint density at radius 2 is 1.78 bits per heavy atom. The van der Waals surface area contributed by atoms with E-state index in [1.165, 1.54) is 36.6 Å². The Bertz CT molecular complexity index is 1750. The maximum atomic E-state index is 15.5. The van der Waals surface area contributed by atoms with Crippen molar-refractivity contribution in [2.45, 2.75) is 78.7 Å². The van der Waals surface area contributed by atoms with Gasteiger partial charge in [-0.3, -0.25) is 4.79 Å². The molecular formula is C40H49FN6O4. The van der Waals surface area contributed by atoms with Gasteiger partial charge in [-0.1, -0.05) is 43.7 Å². The van der Waals surface area contributed by atoms with Gasteiger partial charge in [0.05, 0.1) is 18.0 Å². The predicted octanol–water partition coefficient (Wildman–Crippen LogP) is 8.42. The predicted molar refractivity (Wildman–Crippen MR) is 199 cm³/mol. The molecule has 2 heterocycles. The standard InChI is InChI=1S/C40H49FN6O4/c1-5-30(4)44-37(48)19-16-31-14-10-15-34(47(36-20-21-42-27-43-36)40(49)51-39-28(2)12-9-13-29(39)3)38(31)45-32-17-18-35(33(41)26-32)50-25-11-24-46-22-7-6-8-23-46/h9-10,12-15,17-18,20-21,26-27,30,45H,5-8,11,16,19,22-25H2,1-4H3,(H,44,48). The van der Waals surface area contributed by atoms with E-state index in [1.807, 2.05) is 58.0 Å². The van der Waals surface area contributed by atoms with E-state index in [0.29, 0.717) is 35.8 Å². The first-order valence-corrected chi connectivity index (χ1v) is 17.9. The molecule has 0 radical (unpaired) electrons. The third-order valence-corrected chi connectivity index (χ3v) is 9.11. The number of hydrogen-bond acceptors (Lipinski definition) is 8. The molecule has 1 aliphatic heterocycles. The third-order valence-electron chi connectivity index (χ3n) is 9.11. The van der Waals surface area contributed by atoms with Crippen LogP contribution in [0, 0.1) is 19.7 Å². The number of benzene rings is 3. The SMILES string of the molecule is CCC(C)NC(=O)CCc1cccc(N(C(=O)Oc2c(C)cccc2C)c2ccncn2)c1Nc1ccc(OCCCN2CCCCC2)c(F)c1. The maximum Gasteiger partial charge on any atom is 0.425 e. The van der Waals surface area contributed by atoms with E-state index in [1.54, 1.807) is 30.5 Å². The van der Waals surface area contributed by atoms with Crippen LogP contribution < -0.4 is 25.0 Å². The first kappa shape index (κ1) is 37.2. The lowest BCUT2D eigenvalue weighted by atomic mass is 10.0. The quantitative estimate of drug-likeness (QED) is 0.119. The Kier molecular flexibility index (Phi) is 13.3. The molecule has 1 saturated heterocycles. The van der Waals surface area contributed by atoms with Crippen LogP contribution in [0.2, 0.25) is 0 Å². The number of halogens is 1. The smallest absolute Gasteiger partial charge is 0.425 e. The summed E-state index contributed by atoms with van der Waals surface area (Å²) in [5.41, 5.74) is 3.69. The molecule has 1 atom stereocenters. The summed E-state index contributed by atoms with van der Waals surface area (Å²) in [7, 11) is 0. The van der Waals surface area contributed by atoms with E-state index in [0.717, 1.165) is 49.2 Å². The molecule has 3 aromatic carbocycles. The van der Waals surface area contributed by atoms with E-state index < -0.39 is 11.9 Å². The summed E-state index contributed by atoms with van der Waals surface area (Å²) in [5.74, 6) is 0.301. The van der Waals surface area contributed by atoms with Crippen LogP contribution in [0.1, 0.15) is 69.1 Å². The number of para-hydroxylation sites is 2. The Morgan fingerprint density at radius 1 is 1.02 bits per heavy atom. The molecule has 0 bridgehead atoms. The Balaban J connectivity index is 1.45. The van der Waals surface area contributed by atoms with Crippen LogP contribution in [0.15, 0.2) is 73.2 Å². The normalized spacial score (nSPS) is 13.7. The topological polar surface area (TPSA) is 109 Å². The lowest BCUT2D eigenvalue weighted by Crippen LogP contribution is -2.32. The maximum absolute atomic E-state index is 15.5. The lowest BCUT2D eigenvalue weighted by Gasteiger charge is -2.26. The van der Waals surface area contributed by atoms with Gasteiger partial charge in [-0.15, -0.1) is 0 Å². The van der Waals surface area contributed by atoms with Crippen LogP contribution in [0.25, 0.3) is 0 Å². The van der Waals surface area contributed by atoms with Crippen molar-refractivity contribution in [3.05, 3.63) is 95.7 Å². The van der Waals surface area contributed by atoms with E-state index in [4.69, 9.17) is 9.47 Å². The minimum absolute atomic E-state index is 0.0443. The van der Waals surface area contributed by atoms with E-state index in [-0.39, 0.29) is 29.9 Å². The molecule has 4 aromatic rings. The number of carbonyl (C=O) groups excluding carboxylic acids is 2. The molecule has 270 valence electrons. The molecule has 1 unspecified atom stereocenters. The van der Waals surface area contributed by atoms with Gasteiger partial charge in [-0.25, -0.2) is 24.1 Å². The highest BCUT2D eigenvalue weighted by Gasteiger charge is 2.27. The van der Waals surface area contributed by atoms with E-state index in [2.05, 4.69) is 25.5 Å². The summed E-state index contributed by atoms with van der Waals surface area (Å²) in [4.78, 5) is 39.2. The van der Waals surface area contributed by atoms with Gasteiger partial charge in [0.2, 0.25) is 5.91 Å². The molecule has 51 heavy (non-hydrogen) atoms. The zero-order valence-corrected chi connectivity index (χ0v) is 30.1. The monoisotopic (exact) mass is 696 g/mol. The van der Waals surface area contributed by atoms with Gasteiger partial charge in [-0.05, 0) is 107 Å². The minimum atomic E-state index is -0.694. The molecule has 1 aromatic heterocycles. The van der Waals surface area contributed by atoms with Gasteiger partial charge in [0.1, 0.15) is 17.9 Å². The van der Waals surface area contributed by atoms with E-state index in [9.17, 15) is 9.59 Å². The minimum Gasteiger partial charge on any atom is -0.490 e. The molecule has 11 heteroatoms. The first-order valence-electron chi connectivity index (χ1n) is 17.9. The number of anilines is 4. The van der Waals surface area contributed by atoms with Crippen LogP contribution >= 0.6 is 0 Å². The van der Waals surface area contributed by atoms with Crippen molar-refractivity contribution in [3.8, 4) is 11.5 Å². The van der Waals surface area contributed by atoms with Crippen molar-refractivity contribution in [1.82, 2.24) is 20.2 Å². The molecule has 0 saturated carbocycles. The van der Waals surface area contributed by atoms with Gasteiger partial charge in [0, 0.05) is 37.0 Å². The first-order chi connectivity index (χ1) is 24.7. The molecule has 0 aliphatic carbocycles. The number of hydrogen-bond donors (Lipinski definition) is 2. The zero-order valence-electron chi connectivity index (χ0n) is 30.1. The fraction of sp³-hybridized carbons (Fsp3) is 0.400. The zero-order chi connectivity index (χ0) is 36.2. The summed E-state index contributed by atoms with van der Waals surface area (Å²) in [5, 5.41) is 6.37. The number of carbonyl (C=O) groups is 2. The van der Waals surface area contributed by atoms with Crippen molar-refractivity contribution >= 4 is 34.9 Å². The van der Waals surface area contributed by atoms with Crippen molar-refractivity contribution < 1.29 is 23.5 Å². The Morgan fingerprint density at radius 3 is 2.49 bits per heavy atom. The molecule has 10 nitrogen and oxygen atoms in total. The fourth-order valence-electron chi connectivity index (χ4n) is 6.14. The average molecular weight is 697 g/mol. The van der Waals surface area contributed by atoms with Crippen LogP contribution in [-0.2, 0) is 11.2 Å². The highest BCUT2D eigenvalue weighted by molar-refractivity contribution is 6.01. The number of aromatic nitrogens is 2. The van der Waals surface area contributed by atoms with Gasteiger partial charge in [-0.2, -0.15) is 0 Å². The number of ether oxygens (including phenoxy) is 2. The number of nitrogens with one attached hydrogen (secondary N) is 2. The summed E-state index contributed by atoms with van der Waals surface area (Å²) >= 11 is 0. The number of piperidine rings is 1. The van der Waals surface area contributed by atoms with Gasteiger partial charge >= 0.3 is 6.09 Å². The summed E-state index contributed by atoms with van der Waals surface area (Å²) in [6.07, 6.45) is 8.13. The molecular weight excluding hydrogens is 647 g/mol. The second kappa shape index (κ2) is 18.3. The second-order valence-electron chi connectivity index (χ2n) is 13.1. The highest BCUT2D eigenvalue weighted by Crippen LogP contribution is 2.38. The molecule has 1 aliphatic rings. The number of likely N-dealkylation sites (tertiary alicyclic amines) is 1. The molecule has 2 N–H and O–H groups in total. The Hall–Kier alpha value is -5.03. The molecule has 0 spiro atoms. The number of rotatable bonds is 15. The number of nitrogens with zero attached hydrogens (tertiary/aromatic N) is 4. The largest absolute Gasteiger partial charge is 0.490 e. The molecule has 2 amide bonds. The molecule has 5 rings (SSSR count). The van der Waals surface area contributed by atoms with Gasteiger partial charge in [0.15, 0.2) is 11.6 Å². The summed E-state index contributed by atoms with van der Waals surface area (Å²) in [6.45, 7) is 11.3. The van der Waals surface area contributed by atoms with Crippen LogP contribution in [-0.4, -0.2) is 59.2 Å². The van der Waals surface area contributed by atoms with Crippen LogP contribution in [0.4, 0.5) is 32.1 Å². The fourth-order valence-corrected chi connectivity index (χ4v) is 6.14. The van der Waals surface area contributed by atoms with Crippen molar-refractivity contribution in [2.75, 3.05) is 36.5 Å². The third kappa shape index (κ3) is 10.3. The number of aryl methyl sites for hydroxylation is 3. The lowest BCUT2D eigenvalue weighted by molar-refractivity contribution is -0.121. The van der Waals surface area contributed by atoms with Crippen LogP contribution in [0.5, 0.6) is 11.5 Å². The summed E-state index contributed by atoms with van der Waals surface area (Å²) < 4.78 is 27.3. The highest BCUT2D eigenvalue weighted by atomic mass is 19.1. The molecule has 1 fully saturated rings. The van der Waals surface area contributed by atoms with Crippen molar-refractivity contribution in [1.29, 1.82) is 0 Å². The second-order valence-corrected chi connectivity index (χ2v) is 13.1. The summed E-state index contributed by atoms with van der Waals surface area (Å²) in [6, 6.07) is 17.5. The van der Waals surface area contributed by atoms with Gasteiger partial charge < -0.3 is 25.0 Å². The van der Waals surface area contributed by atoms with Crippen LogP contribution in [0.3, 0.4) is 0 Å². The average Bonchev–Trinajstić information content (AvgIpc) is 3.13. The number of amides is 2. The van der Waals surface area contributed by atoms with E-state index >= 15 is 4.39 Å². The Labute approximate surface area is 300 Å².